The van der Waals surface area contributed by atoms with Crippen LogP contribution in [0.2, 0.25) is 0 Å². The predicted octanol–water partition coefficient (Wildman–Crippen LogP) is 2.40. The van der Waals surface area contributed by atoms with Crippen molar-refractivity contribution < 1.29 is 9.21 Å². The van der Waals surface area contributed by atoms with Crippen LogP contribution in [-0.2, 0) is 4.79 Å². The highest BCUT2D eigenvalue weighted by Gasteiger charge is 2.24. The molecule has 1 amide bonds. The summed E-state index contributed by atoms with van der Waals surface area (Å²) in [6, 6.07) is 3.75. The number of H-pyrrole nitrogens is 1. The highest BCUT2D eigenvalue weighted by atomic mass is 16.3. The van der Waals surface area contributed by atoms with Crippen LogP contribution in [0.5, 0.6) is 0 Å². The van der Waals surface area contributed by atoms with Crippen LogP contribution in [-0.4, -0.2) is 45.4 Å². The van der Waals surface area contributed by atoms with E-state index in [4.69, 9.17) is 4.42 Å². The maximum Gasteiger partial charge on any atom is 0.245 e. The van der Waals surface area contributed by atoms with Gasteiger partial charge in [-0.1, -0.05) is 12.5 Å². The van der Waals surface area contributed by atoms with Crippen molar-refractivity contribution in [2.45, 2.75) is 6.42 Å². The maximum absolute atomic E-state index is 11.7. The Kier molecular flexibility index (Phi) is 4.62. The number of aromatic nitrogens is 3. The van der Waals surface area contributed by atoms with Gasteiger partial charge in [-0.3, -0.25) is 4.79 Å². The van der Waals surface area contributed by atoms with Gasteiger partial charge in [-0.25, -0.2) is 9.97 Å². The van der Waals surface area contributed by atoms with E-state index in [-0.39, 0.29) is 5.91 Å². The zero-order chi connectivity index (χ0) is 18.6. The fourth-order valence-electron chi connectivity index (χ4n) is 3.19. The van der Waals surface area contributed by atoms with E-state index in [9.17, 15) is 4.79 Å². The molecule has 0 spiro atoms. The molecular weight excluding hydrogens is 342 g/mol. The molecule has 4 heterocycles. The van der Waals surface area contributed by atoms with Crippen molar-refractivity contribution in [2.75, 3.05) is 25.0 Å². The van der Waals surface area contributed by atoms with E-state index >= 15 is 0 Å². The van der Waals surface area contributed by atoms with Gasteiger partial charge >= 0.3 is 0 Å². The number of rotatable bonds is 4. The molecule has 0 radical (unpaired) electrons. The lowest BCUT2D eigenvalue weighted by molar-refractivity contribution is -0.125. The van der Waals surface area contributed by atoms with Gasteiger partial charge in [0.2, 0.25) is 5.91 Å². The Morgan fingerprint density at radius 1 is 1.48 bits per heavy atom. The molecule has 1 unspecified atom stereocenters. The van der Waals surface area contributed by atoms with Crippen molar-refractivity contribution in [3.63, 3.8) is 0 Å². The second-order valence-electron chi connectivity index (χ2n) is 6.45. The van der Waals surface area contributed by atoms with Crippen LogP contribution >= 0.6 is 0 Å². The number of anilines is 1. The van der Waals surface area contributed by atoms with Gasteiger partial charge in [-0.05, 0) is 36.5 Å². The molecule has 3 aromatic rings. The average molecular weight is 361 g/mol. The first-order valence-corrected chi connectivity index (χ1v) is 8.76. The minimum absolute atomic E-state index is 0.00611. The first kappa shape index (κ1) is 16.9. The van der Waals surface area contributed by atoms with Crippen molar-refractivity contribution in [2.24, 2.45) is 5.92 Å². The fraction of sp³-hybridized carbons (Fsp3) is 0.250. The number of amides is 1. The van der Waals surface area contributed by atoms with E-state index in [2.05, 4.69) is 38.7 Å². The van der Waals surface area contributed by atoms with Gasteiger partial charge in [0, 0.05) is 19.6 Å². The van der Waals surface area contributed by atoms with Crippen LogP contribution in [0.1, 0.15) is 17.7 Å². The van der Waals surface area contributed by atoms with E-state index in [0.29, 0.717) is 5.92 Å². The topological polar surface area (TPSA) is 87.0 Å². The van der Waals surface area contributed by atoms with Crippen molar-refractivity contribution in [1.29, 1.82) is 0 Å². The number of hydrogen-bond donors (Lipinski definition) is 2. The van der Waals surface area contributed by atoms with Gasteiger partial charge < -0.3 is 19.6 Å². The van der Waals surface area contributed by atoms with E-state index in [1.165, 1.54) is 12.4 Å². The Bertz CT molecular complexity index is 1030. The molecule has 1 aliphatic heterocycles. The highest BCUT2D eigenvalue weighted by molar-refractivity contribution is 5.88. The van der Waals surface area contributed by atoms with E-state index in [1.807, 2.05) is 17.0 Å². The molecule has 7 nitrogen and oxygen atoms in total. The molecule has 0 saturated carbocycles. The largest absolute Gasteiger partial charge is 0.471 e. The van der Waals surface area contributed by atoms with Crippen LogP contribution in [0.3, 0.4) is 0 Å². The lowest BCUT2D eigenvalue weighted by Gasteiger charge is -2.15. The molecule has 7 heteroatoms. The molecule has 0 aliphatic carbocycles. The third-order valence-corrected chi connectivity index (χ3v) is 4.62. The summed E-state index contributed by atoms with van der Waals surface area (Å²) in [6.07, 6.45) is 7.06. The molecule has 27 heavy (non-hydrogen) atoms. The summed E-state index contributed by atoms with van der Waals surface area (Å²) in [5, 5.41) is 4.29. The minimum Gasteiger partial charge on any atom is -0.471 e. The minimum atomic E-state index is -0.00611. The van der Waals surface area contributed by atoms with Gasteiger partial charge in [0.05, 0.1) is 22.9 Å². The fourth-order valence-corrected chi connectivity index (χ4v) is 3.19. The Hall–Kier alpha value is -3.53. The number of likely N-dealkylation sites (tertiary alicyclic amines) is 1. The normalized spacial score (nSPS) is 16.1. The molecule has 1 saturated heterocycles. The molecule has 1 atom stereocenters. The number of fused-ring (bicyclic) bond motifs is 1. The standard InChI is InChI=1S/C20H19N5O2/c1-2-18(26)25-7-5-15(11-25)10-21-19-17-9-16(24-20(17)23-13-22-19)4-3-14-6-8-27-12-14/h2,6,8-9,12-13,15H,1,5,7,10-11H2,(H2,21,22,23,24). The third-order valence-electron chi connectivity index (χ3n) is 4.62. The SMILES string of the molecule is C=CC(=O)N1CCC(CNc2ncnc3[nH]c(C#Cc4ccoc4)cc23)C1. The molecule has 136 valence electrons. The van der Waals surface area contributed by atoms with Crippen LogP contribution in [0.25, 0.3) is 11.0 Å². The Balaban J connectivity index is 1.46. The van der Waals surface area contributed by atoms with E-state index < -0.39 is 0 Å². The molecule has 0 aromatic carbocycles. The summed E-state index contributed by atoms with van der Waals surface area (Å²) in [7, 11) is 0. The zero-order valence-corrected chi connectivity index (χ0v) is 14.7. The number of carbonyl (C=O) groups is 1. The summed E-state index contributed by atoms with van der Waals surface area (Å²) < 4.78 is 5.02. The quantitative estimate of drug-likeness (QED) is 0.550. The smallest absolute Gasteiger partial charge is 0.245 e. The summed E-state index contributed by atoms with van der Waals surface area (Å²) >= 11 is 0. The molecular formula is C20H19N5O2. The number of carbonyl (C=O) groups excluding carboxylic acids is 1. The van der Waals surface area contributed by atoms with Crippen LogP contribution in [0.15, 0.2) is 48.1 Å². The summed E-state index contributed by atoms with van der Waals surface area (Å²) in [4.78, 5) is 25.4. The Labute approximate surface area is 156 Å². The second-order valence-corrected chi connectivity index (χ2v) is 6.45. The summed E-state index contributed by atoms with van der Waals surface area (Å²) in [6.45, 7) is 5.80. The Morgan fingerprint density at radius 2 is 2.41 bits per heavy atom. The molecule has 2 N–H and O–H groups in total. The first-order valence-electron chi connectivity index (χ1n) is 8.76. The van der Waals surface area contributed by atoms with Gasteiger partial charge in [0.25, 0.3) is 0 Å². The lowest BCUT2D eigenvalue weighted by atomic mass is 10.1. The number of nitrogens with zero attached hydrogens (tertiary/aromatic N) is 3. The number of aromatic amines is 1. The van der Waals surface area contributed by atoms with Crippen LogP contribution in [0.4, 0.5) is 5.82 Å². The Morgan fingerprint density at radius 3 is 3.22 bits per heavy atom. The average Bonchev–Trinajstić information content (AvgIpc) is 3.44. The molecule has 1 fully saturated rings. The molecule has 3 aromatic heterocycles. The number of nitrogens with one attached hydrogen (secondary N) is 2. The summed E-state index contributed by atoms with van der Waals surface area (Å²) in [5.74, 6) is 7.25. The van der Waals surface area contributed by atoms with Gasteiger partial charge in [-0.15, -0.1) is 0 Å². The van der Waals surface area contributed by atoms with E-state index in [0.717, 1.165) is 54.2 Å². The van der Waals surface area contributed by atoms with Crippen molar-refractivity contribution in [1.82, 2.24) is 19.9 Å². The molecule has 1 aliphatic rings. The van der Waals surface area contributed by atoms with Crippen molar-refractivity contribution in [3.8, 4) is 11.8 Å². The molecule has 0 bridgehead atoms. The van der Waals surface area contributed by atoms with E-state index in [1.54, 1.807) is 12.5 Å². The monoisotopic (exact) mass is 361 g/mol. The maximum atomic E-state index is 11.7. The molecule has 4 rings (SSSR count). The summed E-state index contributed by atoms with van der Waals surface area (Å²) in [5.41, 5.74) is 2.31. The third kappa shape index (κ3) is 3.70. The zero-order valence-electron chi connectivity index (χ0n) is 14.7. The lowest BCUT2D eigenvalue weighted by Crippen LogP contribution is -2.28. The predicted molar refractivity (Wildman–Crippen MR) is 102 cm³/mol. The van der Waals surface area contributed by atoms with Crippen molar-refractivity contribution in [3.05, 3.63) is 54.9 Å². The second kappa shape index (κ2) is 7.38. The number of furan rings is 1. The first-order chi connectivity index (χ1) is 13.2. The number of hydrogen-bond acceptors (Lipinski definition) is 5. The van der Waals surface area contributed by atoms with Gasteiger partial charge in [0.1, 0.15) is 24.1 Å². The van der Waals surface area contributed by atoms with Crippen molar-refractivity contribution >= 4 is 22.8 Å². The van der Waals surface area contributed by atoms with Crippen LogP contribution < -0.4 is 5.32 Å². The van der Waals surface area contributed by atoms with Crippen LogP contribution in [0, 0.1) is 17.8 Å². The highest BCUT2D eigenvalue weighted by Crippen LogP contribution is 2.22. The van der Waals surface area contributed by atoms with Gasteiger partial charge in [0.15, 0.2) is 0 Å². The van der Waals surface area contributed by atoms with Gasteiger partial charge in [-0.2, -0.15) is 0 Å².